The van der Waals surface area contributed by atoms with Gasteiger partial charge in [0.05, 0.1) is 6.61 Å². The molecule has 2 heteroatoms. The second-order valence-corrected chi connectivity index (χ2v) is 5.71. The van der Waals surface area contributed by atoms with E-state index in [-0.39, 0.29) is 5.54 Å². The van der Waals surface area contributed by atoms with E-state index in [1.165, 1.54) is 18.4 Å². The number of rotatable bonds is 4. The lowest BCUT2D eigenvalue weighted by Crippen LogP contribution is -2.40. The van der Waals surface area contributed by atoms with Gasteiger partial charge in [0.25, 0.3) is 0 Å². The number of hydrogen-bond donors (Lipinski definition) is 1. The lowest BCUT2D eigenvalue weighted by Gasteiger charge is -2.36. The molecule has 0 heterocycles. The molecular formula is C16H25NO. The van der Waals surface area contributed by atoms with E-state index in [9.17, 15) is 0 Å². The first-order valence-electron chi connectivity index (χ1n) is 7.16. The SMILES string of the molecule is CCCOc1ccc(C2(N)CCC(C)CC2)cc1. The van der Waals surface area contributed by atoms with Gasteiger partial charge in [-0.15, -0.1) is 0 Å². The molecule has 1 aromatic carbocycles. The maximum atomic E-state index is 6.55. The minimum Gasteiger partial charge on any atom is -0.494 e. The Morgan fingerprint density at radius 2 is 1.83 bits per heavy atom. The largest absolute Gasteiger partial charge is 0.494 e. The first kappa shape index (κ1) is 13.4. The predicted octanol–water partition coefficient (Wildman–Crippen LogP) is 3.84. The van der Waals surface area contributed by atoms with Crippen molar-refractivity contribution in [1.82, 2.24) is 0 Å². The molecule has 0 aliphatic heterocycles. The van der Waals surface area contributed by atoms with Crippen molar-refractivity contribution in [3.05, 3.63) is 29.8 Å². The molecule has 1 aliphatic carbocycles. The van der Waals surface area contributed by atoms with Crippen LogP contribution in [0.4, 0.5) is 0 Å². The highest BCUT2D eigenvalue weighted by Crippen LogP contribution is 2.37. The summed E-state index contributed by atoms with van der Waals surface area (Å²) >= 11 is 0. The van der Waals surface area contributed by atoms with Crippen LogP contribution in [0.25, 0.3) is 0 Å². The van der Waals surface area contributed by atoms with E-state index in [1.54, 1.807) is 0 Å². The average molecular weight is 247 g/mol. The van der Waals surface area contributed by atoms with Gasteiger partial charge < -0.3 is 10.5 Å². The van der Waals surface area contributed by atoms with Crippen LogP contribution >= 0.6 is 0 Å². The molecule has 1 saturated carbocycles. The smallest absolute Gasteiger partial charge is 0.119 e. The van der Waals surface area contributed by atoms with Crippen LogP contribution in [0.15, 0.2) is 24.3 Å². The Bertz CT molecular complexity index is 363. The summed E-state index contributed by atoms with van der Waals surface area (Å²) in [7, 11) is 0. The van der Waals surface area contributed by atoms with Crippen LogP contribution in [0, 0.1) is 5.92 Å². The zero-order valence-corrected chi connectivity index (χ0v) is 11.6. The van der Waals surface area contributed by atoms with Gasteiger partial charge in [-0.25, -0.2) is 0 Å². The van der Waals surface area contributed by atoms with Crippen LogP contribution in [0.1, 0.15) is 51.5 Å². The van der Waals surface area contributed by atoms with E-state index in [4.69, 9.17) is 10.5 Å². The molecule has 0 atom stereocenters. The number of benzene rings is 1. The van der Waals surface area contributed by atoms with Crippen LogP contribution in [-0.2, 0) is 5.54 Å². The van der Waals surface area contributed by atoms with E-state index in [2.05, 4.69) is 38.1 Å². The molecule has 0 radical (unpaired) electrons. The maximum Gasteiger partial charge on any atom is 0.119 e. The van der Waals surface area contributed by atoms with Gasteiger partial charge >= 0.3 is 0 Å². The Balaban J connectivity index is 2.04. The highest BCUT2D eigenvalue weighted by molar-refractivity contribution is 5.32. The lowest BCUT2D eigenvalue weighted by atomic mass is 9.74. The lowest BCUT2D eigenvalue weighted by molar-refractivity contribution is 0.247. The quantitative estimate of drug-likeness (QED) is 0.877. The molecule has 18 heavy (non-hydrogen) atoms. The Labute approximate surface area is 111 Å². The van der Waals surface area contributed by atoms with Gasteiger partial charge in [0.1, 0.15) is 5.75 Å². The van der Waals surface area contributed by atoms with Crippen molar-refractivity contribution in [3.63, 3.8) is 0 Å². The van der Waals surface area contributed by atoms with Crippen LogP contribution < -0.4 is 10.5 Å². The predicted molar refractivity (Wildman–Crippen MR) is 75.7 cm³/mol. The van der Waals surface area contributed by atoms with Crippen molar-refractivity contribution >= 4 is 0 Å². The molecule has 1 aromatic rings. The fourth-order valence-electron chi connectivity index (χ4n) is 2.67. The molecule has 0 saturated heterocycles. The zero-order chi connectivity index (χ0) is 13.0. The minimum atomic E-state index is -0.115. The molecule has 0 bridgehead atoms. The summed E-state index contributed by atoms with van der Waals surface area (Å²) in [5, 5.41) is 0. The van der Waals surface area contributed by atoms with Crippen molar-refractivity contribution in [2.24, 2.45) is 11.7 Å². The summed E-state index contributed by atoms with van der Waals surface area (Å²) in [4.78, 5) is 0. The molecule has 0 unspecified atom stereocenters. The second kappa shape index (κ2) is 5.75. The molecule has 2 N–H and O–H groups in total. The zero-order valence-electron chi connectivity index (χ0n) is 11.6. The maximum absolute atomic E-state index is 6.55. The van der Waals surface area contributed by atoms with Crippen molar-refractivity contribution in [1.29, 1.82) is 0 Å². The fraction of sp³-hybridized carbons (Fsp3) is 0.625. The van der Waals surface area contributed by atoms with Crippen molar-refractivity contribution in [3.8, 4) is 5.75 Å². The van der Waals surface area contributed by atoms with E-state index >= 15 is 0 Å². The number of hydrogen-bond acceptors (Lipinski definition) is 2. The number of nitrogens with two attached hydrogens (primary N) is 1. The van der Waals surface area contributed by atoms with E-state index < -0.39 is 0 Å². The van der Waals surface area contributed by atoms with Crippen LogP contribution in [0.5, 0.6) is 5.75 Å². The third kappa shape index (κ3) is 3.05. The van der Waals surface area contributed by atoms with Gasteiger partial charge in [-0.05, 0) is 55.7 Å². The Morgan fingerprint density at radius 1 is 1.22 bits per heavy atom. The summed E-state index contributed by atoms with van der Waals surface area (Å²) < 4.78 is 5.61. The molecule has 0 amide bonds. The highest BCUT2D eigenvalue weighted by Gasteiger charge is 2.31. The Hall–Kier alpha value is -1.02. The first-order chi connectivity index (χ1) is 8.64. The summed E-state index contributed by atoms with van der Waals surface area (Å²) in [6.45, 7) is 5.22. The highest BCUT2D eigenvalue weighted by atomic mass is 16.5. The fourth-order valence-corrected chi connectivity index (χ4v) is 2.67. The van der Waals surface area contributed by atoms with Crippen LogP contribution in [0.3, 0.4) is 0 Å². The van der Waals surface area contributed by atoms with Crippen LogP contribution in [0.2, 0.25) is 0 Å². The normalized spacial score (nSPS) is 28.1. The number of ether oxygens (including phenoxy) is 1. The summed E-state index contributed by atoms with van der Waals surface area (Å²) in [5.41, 5.74) is 7.70. The molecule has 1 aliphatic rings. The van der Waals surface area contributed by atoms with Gasteiger partial charge in [-0.3, -0.25) is 0 Å². The molecule has 0 aromatic heterocycles. The molecule has 2 rings (SSSR count). The summed E-state index contributed by atoms with van der Waals surface area (Å²) in [6.07, 6.45) is 5.72. The van der Waals surface area contributed by atoms with Crippen molar-refractivity contribution < 1.29 is 4.74 Å². The summed E-state index contributed by atoms with van der Waals surface area (Å²) in [6, 6.07) is 8.39. The Kier molecular flexibility index (Phi) is 4.28. The van der Waals surface area contributed by atoms with Crippen molar-refractivity contribution in [2.75, 3.05) is 6.61 Å². The monoisotopic (exact) mass is 247 g/mol. The van der Waals surface area contributed by atoms with Gasteiger partial charge in [0.2, 0.25) is 0 Å². The van der Waals surface area contributed by atoms with E-state index in [0.717, 1.165) is 37.5 Å². The minimum absolute atomic E-state index is 0.115. The topological polar surface area (TPSA) is 35.2 Å². The van der Waals surface area contributed by atoms with Crippen molar-refractivity contribution in [2.45, 2.75) is 51.5 Å². The van der Waals surface area contributed by atoms with Gasteiger partial charge in [-0.2, -0.15) is 0 Å². The Morgan fingerprint density at radius 3 is 2.39 bits per heavy atom. The molecule has 1 fully saturated rings. The van der Waals surface area contributed by atoms with E-state index in [1.807, 2.05) is 0 Å². The van der Waals surface area contributed by atoms with Gasteiger partial charge in [0, 0.05) is 5.54 Å². The van der Waals surface area contributed by atoms with E-state index in [0.29, 0.717) is 0 Å². The average Bonchev–Trinajstić information content (AvgIpc) is 2.40. The molecular weight excluding hydrogens is 222 g/mol. The van der Waals surface area contributed by atoms with Gasteiger partial charge in [0.15, 0.2) is 0 Å². The molecule has 2 nitrogen and oxygen atoms in total. The summed E-state index contributed by atoms with van der Waals surface area (Å²) in [5.74, 6) is 1.78. The second-order valence-electron chi connectivity index (χ2n) is 5.71. The van der Waals surface area contributed by atoms with Crippen LogP contribution in [-0.4, -0.2) is 6.61 Å². The standard InChI is InChI=1S/C16H25NO/c1-3-12-18-15-6-4-14(5-7-15)16(17)10-8-13(2)9-11-16/h4-7,13H,3,8-12,17H2,1-2H3. The third-order valence-corrected chi connectivity index (χ3v) is 4.07. The first-order valence-corrected chi connectivity index (χ1v) is 7.16. The van der Waals surface area contributed by atoms with Gasteiger partial charge in [-0.1, -0.05) is 26.0 Å². The third-order valence-electron chi connectivity index (χ3n) is 4.07. The molecule has 100 valence electrons. The molecule has 0 spiro atoms.